The van der Waals surface area contributed by atoms with Crippen molar-refractivity contribution in [3.05, 3.63) is 35.4 Å². The number of nitrogens with one attached hydrogen (secondary N) is 1. The summed E-state index contributed by atoms with van der Waals surface area (Å²) in [6.07, 6.45) is 0.384. The highest BCUT2D eigenvalue weighted by Crippen LogP contribution is 2.09. The maximum atomic E-state index is 13.5. The molecule has 0 saturated carbocycles. The van der Waals surface area contributed by atoms with Crippen LogP contribution < -0.4 is 4.90 Å². The zero-order valence-corrected chi connectivity index (χ0v) is 10.2. The lowest BCUT2D eigenvalue weighted by Crippen LogP contribution is -3.14. The van der Waals surface area contributed by atoms with Gasteiger partial charge in [0.05, 0.1) is 0 Å². The van der Waals surface area contributed by atoms with E-state index in [4.69, 9.17) is 4.74 Å². The van der Waals surface area contributed by atoms with Crippen LogP contribution in [0.25, 0.3) is 0 Å². The normalized spacial score (nSPS) is 29.3. The van der Waals surface area contributed by atoms with Gasteiger partial charge < -0.3 is 9.64 Å². The van der Waals surface area contributed by atoms with Crippen LogP contribution in [-0.2, 0) is 11.3 Å². The van der Waals surface area contributed by atoms with Crippen LogP contribution in [0.5, 0.6) is 0 Å². The Hall–Kier alpha value is -1.00. The van der Waals surface area contributed by atoms with Crippen molar-refractivity contribution in [3.8, 4) is 0 Å². The average Bonchev–Trinajstić information content (AvgIpc) is 2.21. The molecule has 4 heteroatoms. The largest absolute Gasteiger partial charge is 0.364 e. The van der Waals surface area contributed by atoms with Crippen LogP contribution in [0.3, 0.4) is 0 Å². The van der Waals surface area contributed by atoms with Crippen molar-refractivity contribution in [2.45, 2.75) is 32.6 Å². The van der Waals surface area contributed by atoms with Crippen molar-refractivity contribution in [2.75, 3.05) is 13.1 Å². The Morgan fingerprint density at radius 2 is 1.88 bits per heavy atom. The average molecular weight is 242 g/mol. The second-order valence-corrected chi connectivity index (χ2v) is 4.83. The first kappa shape index (κ1) is 12.5. The van der Waals surface area contributed by atoms with Gasteiger partial charge in [-0.2, -0.15) is 0 Å². The van der Waals surface area contributed by atoms with Crippen molar-refractivity contribution < 1.29 is 18.4 Å². The quantitative estimate of drug-likeness (QED) is 0.821. The zero-order chi connectivity index (χ0) is 12.4. The van der Waals surface area contributed by atoms with Gasteiger partial charge in [0.25, 0.3) is 0 Å². The van der Waals surface area contributed by atoms with Crippen LogP contribution in [-0.4, -0.2) is 25.3 Å². The fourth-order valence-corrected chi connectivity index (χ4v) is 2.47. The molecule has 0 unspecified atom stereocenters. The molecule has 0 aromatic heterocycles. The number of hydrogen-bond acceptors (Lipinski definition) is 1. The van der Waals surface area contributed by atoms with E-state index in [0.29, 0.717) is 12.1 Å². The first-order valence-electron chi connectivity index (χ1n) is 5.97. The minimum Gasteiger partial charge on any atom is -0.364 e. The Morgan fingerprint density at radius 3 is 2.47 bits per heavy atom. The van der Waals surface area contributed by atoms with Crippen LogP contribution in [0.15, 0.2) is 18.2 Å². The summed E-state index contributed by atoms with van der Waals surface area (Å²) in [6, 6.07) is 3.79. The first-order valence-corrected chi connectivity index (χ1v) is 5.97. The first-order chi connectivity index (χ1) is 8.04. The van der Waals surface area contributed by atoms with Crippen molar-refractivity contribution >= 4 is 0 Å². The molecule has 2 atom stereocenters. The monoisotopic (exact) mass is 242 g/mol. The molecule has 17 heavy (non-hydrogen) atoms. The van der Waals surface area contributed by atoms with Gasteiger partial charge in [0.15, 0.2) is 0 Å². The standard InChI is InChI=1S/C13H17F2NO/c1-9-6-16(7-10(2)17-9)8-11-3-4-12(14)5-13(11)15/h3-5,9-10H,6-8H2,1-2H3/p+1/t9-,10-/m1/s1. The highest BCUT2D eigenvalue weighted by atomic mass is 19.1. The van der Waals surface area contributed by atoms with E-state index >= 15 is 0 Å². The third-order valence-corrected chi connectivity index (χ3v) is 3.07. The van der Waals surface area contributed by atoms with Gasteiger partial charge in [-0.15, -0.1) is 0 Å². The molecule has 0 spiro atoms. The van der Waals surface area contributed by atoms with Gasteiger partial charge in [-0.25, -0.2) is 8.78 Å². The molecule has 0 bridgehead atoms. The molecule has 1 aromatic rings. The third kappa shape index (κ3) is 3.23. The summed E-state index contributed by atoms with van der Waals surface area (Å²) in [4.78, 5) is 1.28. The fourth-order valence-electron chi connectivity index (χ4n) is 2.47. The summed E-state index contributed by atoms with van der Waals surface area (Å²) in [7, 11) is 0. The molecule has 0 amide bonds. The van der Waals surface area contributed by atoms with Crippen LogP contribution in [0.2, 0.25) is 0 Å². The maximum absolute atomic E-state index is 13.5. The Balaban J connectivity index is 2.04. The second kappa shape index (κ2) is 5.10. The lowest BCUT2D eigenvalue weighted by Gasteiger charge is -2.32. The second-order valence-electron chi connectivity index (χ2n) is 4.83. The molecule has 1 N–H and O–H groups in total. The Kier molecular flexibility index (Phi) is 3.74. The maximum Gasteiger partial charge on any atom is 0.134 e. The topological polar surface area (TPSA) is 13.7 Å². The van der Waals surface area contributed by atoms with E-state index in [0.717, 1.165) is 19.2 Å². The Morgan fingerprint density at radius 1 is 1.24 bits per heavy atom. The molecule has 1 aliphatic rings. The minimum absolute atomic E-state index is 0.192. The molecule has 0 radical (unpaired) electrons. The molecule has 1 aliphatic heterocycles. The number of benzene rings is 1. The number of rotatable bonds is 2. The van der Waals surface area contributed by atoms with Crippen molar-refractivity contribution in [3.63, 3.8) is 0 Å². The van der Waals surface area contributed by atoms with E-state index in [1.165, 1.54) is 17.0 Å². The van der Waals surface area contributed by atoms with Gasteiger partial charge in [-0.3, -0.25) is 0 Å². The van der Waals surface area contributed by atoms with E-state index in [-0.39, 0.29) is 12.2 Å². The molecule has 94 valence electrons. The van der Waals surface area contributed by atoms with Gasteiger partial charge in [-0.1, -0.05) is 0 Å². The molecule has 0 aliphatic carbocycles. The Bertz CT molecular complexity index is 387. The van der Waals surface area contributed by atoms with E-state index in [1.54, 1.807) is 0 Å². The lowest BCUT2D eigenvalue weighted by molar-refractivity contribution is -0.928. The van der Waals surface area contributed by atoms with Gasteiger partial charge in [-0.05, 0) is 26.0 Å². The van der Waals surface area contributed by atoms with E-state index in [9.17, 15) is 8.78 Å². The van der Waals surface area contributed by atoms with E-state index in [2.05, 4.69) is 0 Å². The number of halogens is 2. The number of morpholine rings is 1. The number of ether oxygens (including phenoxy) is 1. The SMILES string of the molecule is C[C@@H]1C[NH+](Cc2ccc(F)cc2F)C[C@@H](C)O1. The van der Waals surface area contributed by atoms with Crippen LogP contribution in [0, 0.1) is 11.6 Å². The fraction of sp³-hybridized carbons (Fsp3) is 0.538. The van der Waals surface area contributed by atoms with Crippen LogP contribution >= 0.6 is 0 Å². The van der Waals surface area contributed by atoms with Gasteiger partial charge in [0, 0.05) is 11.6 Å². The van der Waals surface area contributed by atoms with Crippen LogP contribution in [0.1, 0.15) is 19.4 Å². The molecular formula is C13H18F2NO+. The molecule has 2 rings (SSSR count). The number of quaternary nitrogens is 1. The summed E-state index contributed by atoms with van der Waals surface area (Å²) in [5.74, 6) is -0.978. The molecule has 1 heterocycles. The third-order valence-electron chi connectivity index (χ3n) is 3.07. The smallest absolute Gasteiger partial charge is 0.134 e. The predicted molar refractivity (Wildman–Crippen MR) is 60.8 cm³/mol. The molecular weight excluding hydrogens is 224 g/mol. The summed E-state index contributed by atoms with van der Waals surface area (Å²) in [5.41, 5.74) is 0.572. The molecule has 1 aromatic carbocycles. The minimum atomic E-state index is -0.523. The summed E-state index contributed by atoms with van der Waals surface area (Å²) < 4.78 is 31.9. The lowest BCUT2D eigenvalue weighted by atomic mass is 10.1. The van der Waals surface area contributed by atoms with Gasteiger partial charge in [0.1, 0.15) is 43.5 Å². The van der Waals surface area contributed by atoms with Gasteiger partial charge in [0.2, 0.25) is 0 Å². The predicted octanol–water partition coefficient (Wildman–Crippen LogP) is 1.16. The summed E-state index contributed by atoms with van der Waals surface area (Å²) in [5, 5.41) is 0. The highest BCUT2D eigenvalue weighted by Gasteiger charge is 2.26. The van der Waals surface area contributed by atoms with E-state index < -0.39 is 11.6 Å². The van der Waals surface area contributed by atoms with E-state index in [1.807, 2.05) is 13.8 Å². The van der Waals surface area contributed by atoms with Crippen molar-refractivity contribution in [2.24, 2.45) is 0 Å². The van der Waals surface area contributed by atoms with Gasteiger partial charge >= 0.3 is 0 Å². The Labute approximate surface area is 100 Å². The highest BCUT2D eigenvalue weighted by molar-refractivity contribution is 5.17. The van der Waals surface area contributed by atoms with Crippen molar-refractivity contribution in [1.29, 1.82) is 0 Å². The summed E-state index contributed by atoms with van der Waals surface area (Å²) in [6.45, 7) is 6.36. The van der Waals surface area contributed by atoms with Crippen LogP contribution in [0.4, 0.5) is 8.78 Å². The number of hydrogen-bond donors (Lipinski definition) is 1. The molecule has 1 saturated heterocycles. The zero-order valence-electron chi connectivity index (χ0n) is 10.2. The summed E-state index contributed by atoms with van der Waals surface area (Å²) >= 11 is 0. The van der Waals surface area contributed by atoms with Crippen molar-refractivity contribution in [1.82, 2.24) is 0 Å². The molecule has 2 nitrogen and oxygen atoms in total. The molecule has 1 fully saturated rings.